The minimum absolute atomic E-state index is 0.257. The van der Waals surface area contributed by atoms with Crippen molar-refractivity contribution in [2.24, 2.45) is 0 Å². The number of esters is 1. The van der Waals surface area contributed by atoms with E-state index in [0.29, 0.717) is 32.3 Å². The molecule has 0 bridgehead atoms. The van der Waals surface area contributed by atoms with E-state index in [2.05, 4.69) is 23.6 Å². The number of carbonyl (C=O) groups is 1. The van der Waals surface area contributed by atoms with Gasteiger partial charge in [0.2, 0.25) is 0 Å². The lowest BCUT2D eigenvalue weighted by Crippen LogP contribution is -2.11. The van der Waals surface area contributed by atoms with Crippen molar-refractivity contribution in [2.75, 3.05) is 33.5 Å². The van der Waals surface area contributed by atoms with Crippen LogP contribution < -0.4 is 0 Å². The van der Waals surface area contributed by atoms with Gasteiger partial charge in [-0.1, -0.05) is 13.8 Å². The highest BCUT2D eigenvalue weighted by atomic mass is 16.5. The van der Waals surface area contributed by atoms with Crippen molar-refractivity contribution >= 4 is 5.97 Å². The highest BCUT2D eigenvalue weighted by molar-refractivity contribution is 5.69. The first-order chi connectivity index (χ1) is 9.63. The standard InChI is InChI=1S/C14H24N2O4/c1-12(2)13-10-16(11-15-13)5-7-20-9-8-19-6-4-14(17)18-3/h10-12H,4-9H2,1-3H3. The molecule has 1 aromatic heterocycles. The first kappa shape index (κ1) is 16.7. The molecule has 0 fully saturated rings. The largest absolute Gasteiger partial charge is 0.469 e. The fourth-order valence-electron chi connectivity index (χ4n) is 1.55. The molecular formula is C14H24N2O4. The second-order valence-corrected chi connectivity index (χ2v) is 4.74. The number of methoxy groups -OCH3 is 1. The van der Waals surface area contributed by atoms with Crippen LogP contribution >= 0.6 is 0 Å². The average molecular weight is 284 g/mol. The molecule has 0 aliphatic rings. The summed E-state index contributed by atoms with van der Waals surface area (Å²) in [5.74, 6) is 0.187. The molecular weight excluding hydrogens is 260 g/mol. The number of hydrogen-bond acceptors (Lipinski definition) is 5. The summed E-state index contributed by atoms with van der Waals surface area (Å²) < 4.78 is 17.2. The Balaban J connectivity index is 1.98. The van der Waals surface area contributed by atoms with Crippen LogP contribution in [0.3, 0.4) is 0 Å². The van der Waals surface area contributed by atoms with Gasteiger partial charge in [-0.3, -0.25) is 4.79 Å². The van der Waals surface area contributed by atoms with Crippen molar-refractivity contribution < 1.29 is 19.0 Å². The maximum Gasteiger partial charge on any atom is 0.307 e. The summed E-state index contributed by atoms with van der Waals surface area (Å²) in [5.41, 5.74) is 1.09. The van der Waals surface area contributed by atoms with Gasteiger partial charge in [0, 0.05) is 12.7 Å². The van der Waals surface area contributed by atoms with E-state index >= 15 is 0 Å². The molecule has 20 heavy (non-hydrogen) atoms. The Morgan fingerprint density at radius 3 is 2.55 bits per heavy atom. The molecule has 114 valence electrons. The van der Waals surface area contributed by atoms with E-state index in [1.807, 2.05) is 17.1 Å². The Morgan fingerprint density at radius 1 is 1.25 bits per heavy atom. The number of carbonyl (C=O) groups excluding carboxylic acids is 1. The van der Waals surface area contributed by atoms with E-state index in [1.165, 1.54) is 7.11 Å². The maximum atomic E-state index is 10.8. The van der Waals surface area contributed by atoms with Gasteiger partial charge >= 0.3 is 5.97 Å². The van der Waals surface area contributed by atoms with Crippen molar-refractivity contribution in [3.8, 4) is 0 Å². The first-order valence-corrected chi connectivity index (χ1v) is 6.87. The van der Waals surface area contributed by atoms with Gasteiger partial charge in [0.15, 0.2) is 0 Å². The third-order valence-electron chi connectivity index (χ3n) is 2.79. The molecule has 0 spiro atoms. The SMILES string of the molecule is COC(=O)CCOCCOCCn1cnc(C(C)C)c1. The highest BCUT2D eigenvalue weighted by Gasteiger charge is 2.03. The summed E-state index contributed by atoms with van der Waals surface area (Å²) in [7, 11) is 1.37. The molecule has 0 saturated heterocycles. The van der Waals surface area contributed by atoms with Crippen LogP contribution in [0.2, 0.25) is 0 Å². The molecule has 1 aromatic rings. The zero-order valence-electron chi connectivity index (χ0n) is 12.5. The number of ether oxygens (including phenoxy) is 3. The number of aromatic nitrogens is 2. The van der Waals surface area contributed by atoms with E-state index in [4.69, 9.17) is 9.47 Å². The minimum atomic E-state index is -0.257. The van der Waals surface area contributed by atoms with E-state index in [1.54, 1.807) is 0 Å². The van der Waals surface area contributed by atoms with Crippen molar-refractivity contribution in [1.29, 1.82) is 0 Å². The third kappa shape index (κ3) is 6.68. The third-order valence-corrected chi connectivity index (χ3v) is 2.79. The van der Waals surface area contributed by atoms with Gasteiger partial charge in [-0.25, -0.2) is 4.98 Å². The van der Waals surface area contributed by atoms with Crippen molar-refractivity contribution in [1.82, 2.24) is 9.55 Å². The lowest BCUT2D eigenvalue weighted by atomic mass is 10.2. The second-order valence-electron chi connectivity index (χ2n) is 4.74. The topological polar surface area (TPSA) is 62.6 Å². The van der Waals surface area contributed by atoms with Crippen LogP contribution in [0.15, 0.2) is 12.5 Å². The number of imidazole rings is 1. The number of rotatable bonds is 10. The van der Waals surface area contributed by atoms with Gasteiger partial charge in [-0.05, 0) is 5.92 Å². The van der Waals surface area contributed by atoms with Crippen LogP contribution in [0.5, 0.6) is 0 Å². The van der Waals surface area contributed by atoms with Crippen molar-refractivity contribution in [3.05, 3.63) is 18.2 Å². The van der Waals surface area contributed by atoms with E-state index in [9.17, 15) is 4.79 Å². The molecule has 0 aliphatic heterocycles. The van der Waals surface area contributed by atoms with Gasteiger partial charge in [0.25, 0.3) is 0 Å². The Labute approximate surface area is 120 Å². The Hall–Kier alpha value is -1.40. The Bertz CT molecular complexity index is 390. The maximum absolute atomic E-state index is 10.8. The van der Waals surface area contributed by atoms with Crippen LogP contribution in [-0.4, -0.2) is 49.1 Å². The monoisotopic (exact) mass is 284 g/mol. The molecule has 0 radical (unpaired) electrons. The van der Waals surface area contributed by atoms with Gasteiger partial charge < -0.3 is 18.8 Å². The Morgan fingerprint density at radius 2 is 1.95 bits per heavy atom. The quantitative estimate of drug-likeness (QED) is 0.482. The molecule has 0 unspecified atom stereocenters. The summed E-state index contributed by atoms with van der Waals surface area (Å²) in [6.45, 7) is 7.01. The first-order valence-electron chi connectivity index (χ1n) is 6.87. The average Bonchev–Trinajstić information content (AvgIpc) is 2.90. The van der Waals surface area contributed by atoms with Crippen molar-refractivity contribution in [3.63, 3.8) is 0 Å². The smallest absolute Gasteiger partial charge is 0.307 e. The zero-order chi connectivity index (χ0) is 14.8. The molecule has 0 atom stereocenters. The van der Waals surface area contributed by atoms with Gasteiger partial charge in [-0.2, -0.15) is 0 Å². The van der Waals surface area contributed by atoms with E-state index in [-0.39, 0.29) is 12.4 Å². The van der Waals surface area contributed by atoms with Crippen LogP contribution in [0.25, 0.3) is 0 Å². The van der Waals surface area contributed by atoms with Crippen LogP contribution in [0.1, 0.15) is 31.9 Å². The normalized spacial score (nSPS) is 11.0. The molecule has 0 saturated carbocycles. The summed E-state index contributed by atoms with van der Waals surface area (Å²) in [6, 6.07) is 0. The fraction of sp³-hybridized carbons (Fsp3) is 0.714. The predicted molar refractivity (Wildman–Crippen MR) is 74.6 cm³/mol. The lowest BCUT2D eigenvalue weighted by molar-refractivity contribution is -0.141. The Kier molecular flexibility index (Phi) is 7.91. The molecule has 0 aliphatic carbocycles. The van der Waals surface area contributed by atoms with Crippen LogP contribution in [0.4, 0.5) is 0 Å². The molecule has 6 heteroatoms. The van der Waals surface area contributed by atoms with Crippen LogP contribution in [0, 0.1) is 0 Å². The van der Waals surface area contributed by atoms with Gasteiger partial charge in [-0.15, -0.1) is 0 Å². The molecule has 1 rings (SSSR count). The zero-order valence-corrected chi connectivity index (χ0v) is 12.5. The lowest BCUT2D eigenvalue weighted by Gasteiger charge is -2.06. The summed E-state index contributed by atoms with van der Waals surface area (Å²) in [4.78, 5) is 15.1. The van der Waals surface area contributed by atoms with E-state index in [0.717, 1.165) is 12.2 Å². The number of hydrogen-bond donors (Lipinski definition) is 0. The summed E-state index contributed by atoms with van der Waals surface area (Å²) in [5, 5.41) is 0. The van der Waals surface area contributed by atoms with E-state index < -0.39 is 0 Å². The molecule has 0 amide bonds. The molecule has 0 aromatic carbocycles. The summed E-state index contributed by atoms with van der Waals surface area (Å²) >= 11 is 0. The highest BCUT2D eigenvalue weighted by Crippen LogP contribution is 2.10. The number of nitrogens with zero attached hydrogens (tertiary/aromatic N) is 2. The minimum Gasteiger partial charge on any atom is -0.469 e. The van der Waals surface area contributed by atoms with Gasteiger partial charge in [0.1, 0.15) is 0 Å². The van der Waals surface area contributed by atoms with Gasteiger partial charge in [0.05, 0.1) is 52.0 Å². The molecule has 6 nitrogen and oxygen atoms in total. The fourth-order valence-corrected chi connectivity index (χ4v) is 1.55. The van der Waals surface area contributed by atoms with Crippen LogP contribution in [-0.2, 0) is 25.5 Å². The molecule has 0 N–H and O–H groups in total. The van der Waals surface area contributed by atoms with Crippen molar-refractivity contribution in [2.45, 2.75) is 32.7 Å². The summed E-state index contributed by atoms with van der Waals surface area (Å²) in [6.07, 6.45) is 4.15. The predicted octanol–water partition coefficient (Wildman–Crippen LogP) is 1.60. The molecule has 1 heterocycles. The second kappa shape index (κ2) is 9.50.